The number of nitrogens with zero attached hydrogens (tertiary/aromatic N) is 1. The van der Waals surface area contributed by atoms with E-state index in [0.29, 0.717) is 24.5 Å². The topological polar surface area (TPSA) is 86.3 Å². The normalized spacial score (nSPS) is 11.9. The standard InChI is InChI=1S/C13H21N3O3/c1-4-6-15-12(17)9(3)19-13(18)11-7-10(14)8-16(11)5-2/h7-9H,4-6,14H2,1-3H3,(H,15,17). The van der Waals surface area contributed by atoms with Crippen molar-refractivity contribution >= 4 is 17.6 Å². The van der Waals surface area contributed by atoms with Crippen molar-refractivity contribution in [1.29, 1.82) is 0 Å². The molecule has 0 fully saturated rings. The molecular weight excluding hydrogens is 246 g/mol. The molecule has 1 heterocycles. The van der Waals surface area contributed by atoms with E-state index in [1.165, 1.54) is 0 Å². The summed E-state index contributed by atoms with van der Waals surface area (Å²) in [5.74, 6) is -0.838. The number of esters is 1. The number of nitrogen functional groups attached to an aromatic ring is 1. The van der Waals surface area contributed by atoms with Gasteiger partial charge in [-0.05, 0) is 26.3 Å². The molecule has 3 N–H and O–H groups in total. The molecule has 1 unspecified atom stereocenters. The van der Waals surface area contributed by atoms with E-state index in [0.717, 1.165) is 6.42 Å². The Morgan fingerprint density at radius 2 is 2.16 bits per heavy atom. The third kappa shape index (κ3) is 4.01. The second kappa shape index (κ2) is 6.82. The lowest BCUT2D eigenvalue weighted by Crippen LogP contribution is -2.36. The highest BCUT2D eigenvalue weighted by Crippen LogP contribution is 2.12. The van der Waals surface area contributed by atoms with Gasteiger partial charge in [-0.2, -0.15) is 0 Å². The molecule has 19 heavy (non-hydrogen) atoms. The molecule has 6 heteroatoms. The smallest absolute Gasteiger partial charge is 0.355 e. The highest BCUT2D eigenvalue weighted by molar-refractivity contribution is 5.91. The van der Waals surface area contributed by atoms with Gasteiger partial charge in [0, 0.05) is 19.3 Å². The van der Waals surface area contributed by atoms with Crippen molar-refractivity contribution in [2.75, 3.05) is 12.3 Å². The largest absolute Gasteiger partial charge is 0.448 e. The third-order valence-corrected chi connectivity index (χ3v) is 2.67. The van der Waals surface area contributed by atoms with Gasteiger partial charge in [0.1, 0.15) is 5.69 Å². The summed E-state index contributed by atoms with van der Waals surface area (Å²) < 4.78 is 6.81. The van der Waals surface area contributed by atoms with E-state index in [1.807, 2.05) is 13.8 Å². The zero-order valence-electron chi connectivity index (χ0n) is 11.6. The van der Waals surface area contributed by atoms with E-state index in [2.05, 4.69) is 5.32 Å². The van der Waals surface area contributed by atoms with Crippen LogP contribution in [0.5, 0.6) is 0 Å². The number of amides is 1. The molecule has 0 radical (unpaired) electrons. The number of aryl methyl sites for hydroxylation is 1. The van der Waals surface area contributed by atoms with E-state index < -0.39 is 12.1 Å². The highest BCUT2D eigenvalue weighted by atomic mass is 16.5. The Bertz CT molecular complexity index is 454. The maximum atomic E-state index is 11.9. The Labute approximate surface area is 112 Å². The Hall–Kier alpha value is -1.98. The Kier molecular flexibility index (Phi) is 5.41. The van der Waals surface area contributed by atoms with Gasteiger partial charge in [-0.1, -0.05) is 6.92 Å². The van der Waals surface area contributed by atoms with Crippen molar-refractivity contribution < 1.29 is 14.3 Å². The van der Waals surface area contributed by atoms with E-state index in [1.54, 1.807) is 23.8 Å². The number of rotatable bonds is 6. The predicted octanol–water partition coefficient (Wildman–Crippen LogP) is 1.16. The first-order chi connectivity index (χ1) is 8.99. The summed E-state index contributed by atoms with van der Waals surface area (Å²) in [5, 5.41) is 2.68. The van der Waals surface area contributed by atoms with Gasteiger partial charge >= 0.3 is 5.97 Å². The van der Waals surface area contributed by atoms with Gasteiger partial charge in [0.05, 0.1) is 5.69 Å². The Morgan fingerprint density at radius 3 is 2.74 bits per heavy atom. The van der Waals surface area contributed by atoms with Gasteiger partial charge in [-0.25, -0.2) is 4.79 Å². The van der Waals surface area contributed by atoms with Gasteiger partial charge in [0.15, 0.2) is 6.10 Å². The van der Waals surface area contributed by atoms with E-state index in [9.17, 15) is 9.59 Å². The fourth-order valence-electron chi connectivity index (χ4n) is 1.63. The number of carbonyl (C=O) groups is 2. The molecule has 106 valence electrons. The fraction of sp³-hybridized carbons (Fsp3) is 0.538. The summed E-state index contributed by atoms with van der Waals surface area (Å²) >= 11 is 0. The number of anilines is 1. The van der Waals surface area contributed by atoms with Crippen molar-refractivity contribution in [2.24, 2.45) is 0 Å². The lowest BCUT2D eigenvalue weighted by atomic mass is 10.3. The van der Waals surface area contributed by atoms with Crippen molar-refractivity contribution in [3.8, 4) is 0 Å². The van der Waals surface area contributed by atoms with Crippen LogP contribution >= 0.6 is 0 Å². The maximum Gasteiger partial charge on any atom is 0.355 e. The molecule has 6 nitrogen and oxygen atoms in total. The van der Waals surface area contributed by atoms with E-state index in [-0.39, 0.29) is 5.91 Å². The molecule has 1 rings (SSSR count). The summed E-state index contributed by atoms with van der Waals surface area (Å²) in [4.78, 5) is 23.6. The first-order valence-corrected chi connectivity index (χ1v) is 6.43. The number of aromatic nitrogens is 1. The molecule has 1 atom stereocenters. The van der Waals surface area contributed by atoms with Crippen LogP contribution in [0.2, 0.25) is 0 Å². The van der Waals surface area contributed by atoms with E-state index in [4.69, 9.17) is 10.5 Å². The van der Waals surface area contributed by atoms with Gasteiger partial charge in [0.25, 0.3) is 5.91 Å². The summed E-state index contributed by atoms with van der Waals surface area (Å²) in [6.07, 6.45) is 1.68. The second-order valence-electron chi connectivity index (χ2n) is 4.28. The van der Waals surface area contributed by atoms with Crippen molar-refractivity contribution in [2.45, 2.75) is 39.8 Å². The molecule has 0 saturated carbocycles. The molecule has 0 saturated heterocycles. The number of hydrogen-bond donors (Lipinski definition) is 2. The quantitative estimate of drug-likeness (QED) is 0.757. The van der Waals surface area contributed by atoms with Gasteiger partial charge in [-0.3, -0.25) is 4.79 Å². The van der Waals surface area contributed by atoms with Crippen LogP contribution < -0.4 is 11.1 Å². The zero-order chi connectivity index (χ0) is 14.4. The van der Waals surface area contributed by atoms with Crippen LogP contribution in [0.3, 0.4) is 0 Å². The fourth-order valence-corrected chi connectivity index (χ4v) is 1.63. The number of ether oxygens (including phenoxy) is 1. The summed E-state index contributed by atoms with van der Waals surface area (Å²) in [6.45, 7) is 6.57. The van der Waals surface area contributed by atoms with Crippen molar-refractivity contribution in [1.82, 2.24) is 9.88 Å². The molecule has 0 spiro atoms. The lowest BCUT2D eigenvalue weighted by Gasteiger charge is -2.13. The molecule has 1 aromatic rings. The first-order valence-electron chi connectivity index (χ1n) is 6.43. The average Bonchev–Trinajstić information content (AvgIpc) is 2.77. The van der Waals surface area contributed by atoms with Crippen LogP contribution in [0.4, 0.5) is 5.69 Å². The van der Waals surface area contributed by atoms with Crippen molar-refractivity contribution in [3.05, 3.63) is 18.0 Å². The molecular formula is C13H21N3O3. The molecule has 0 aliphatic carbocycles. The van der Waals surface area contributed by atoms with Crippen LogP contribution in [0.15, 0.2) is 12.3 Å². The van der Waals surface area contributed by atoms with Crippen molar-refractivity contribution in [3.63, 3.8) is 0 Å². The summed E-state index contributed by atoms with van der Waals surface area (Å²) in [7, 11) is 0. The molecule has 0 bridgehead atoms. The third-order valence-electron chi connectivity index (χ3n) is 2.67. The highest BCUT2D eigenvalue weighted by Gasteiger charge is 2.20. The maximum absolute atomic E-state index is 11.9. The number of nitrogens with two attached hydrogens (primary N) is 1. The number of nitrogens with one attached hydrogen (secondary N) is 1. The molecule has 0 aromatic carbocycles. The summed E-state index contributed by atoms with van der Waals surface area (Å²) in [5.41, 5.74) is 6.49. The van der Waals surface area contributed by atoms with Crippen LogP contribution in [-0.4, -0.2) is 29.1 Å². The monoisotopic (exact) mass is 267 g/mol. The average molecular weight is 267 g/mol. The lowest BCUT2D eigenvalue weighted by molar-refractivity contribution is -0.129. The number of carbonyl (C=O) groups excluding carboxylic acids is 2. The predicted molar refractivity (Wildman–Crippen MR) is 72.7 cm³/mol. The van der Waals surface area contributed by atoms with Gasteiger partial charge in [0.2, 0.25) is 0 Å². The Balaban J connectivity index is 2.66. The van der Waals surface area contributed by atoms with Gasteiger partial charge < -0.3 is 20.4 Å². The minimum Gasteiger partial charge on any atom is -0.448 e. The molecule has 0 aliphatic heterocycles. The van der Waals surface area contributed by atoms with Crippen LogP contribution in [0.25, 0.3) is 0 Å². The minimum atomic E-state index is -0.819. The second-order valence-corrected chi connectivity index (χ2v) is 4.28. The molecule has 1 aromatic heterocycles. The Morgan fingerprint density at radius 1 is 1.47 bits per heavy atom. The SMILES string of the molecule is CCCNC(=O)C(C)OC(=O)c1cc(N)cn1CC. The first kappa shape index (κ1) is 15.1. The molecule has 1 amide bonds. The zero-order valence-corrected chi connectivity index (χ0v) is 11.6. The van der Waals surface area contributed by atoms with Crippen LogP contribution in [0, 0.1) is 0 Å². The minimum absolute atomic E-state index is 0.294. The van der Waals surface area contributed by atoms with Crippen LogP contribution in [0.1, 0.15) is 37.7 Å². The van der Waals surface area contributed by atoms with Gasteiger partial charge in [-0.15, -0.1) is 0 Å². The number of hydrogen-bond acceptors (Lipinski definition) is 4. The summed E-state index contributed by atoms with van der Waals surface area (Å²) in [6, 6.07) is 1.54. The van der Waals surface area contributed by atoms with E-state index >= 15 is 0 Å². The van der Waals surface area contributed by atoms with Crippen LogP contribution in [-0.2, 0) is 16.1 Å². The molecule has 0 aliphatic rings.